The third-order valence-electron chi connectivity index (χ3n) is 2.08. The highest BCUT2D eigenvalue weighted by Crippen LogP contribution is 2.02. The standard InChI is InChI=1S/C7H14N4O2/c1-11(10-13)7(12)9-6-2-4-8-5-3-6/h6,8H,2-5H2,1H3,(H,9,12). The fourth-order valence-electron chi connectivity index (χ4n) is 1.27. The van der Waals surface area contributed by atoms with Crippen LogP contribution in [-0.4, -0.2) is 37.2 Å². The van der Waals surface area contributed by atoms with Gasteiger partial charge < -0.3 is 10.6 Å². The van der Waals surface area contributed by atoms with Crippen molar-refractivity contribution in [3.05, 3.63) is 4.91 Å². The lowest BCUT2D eigenvalue weighted by atomic mass is 10.1. The number of hydrogen-bond acceptors (Lipinski definition) is 4. The number of piperidine rings is 1. The smallest absolute Gasteiger partial charge is 0.334 e. The molecule has 74 valence electrons. The van der Waals surface area contributed by atoms with Crippen LogP contribution in [0, 0.1) is 4.91 Å². The van der Waals surface area contributed by atoms with Crippen LogP contribution in [0.15, 0.2) is 5.29 Å². The minimum Gasteiger partial charge on any atom is -0.334 e. The first-order valence-electron chi connectivity index (χ1n) is 4.32. The molecule has 0 atom stereocenters. The zero-order valence-electron chi connectivity index (χ0n) is 7.62. The SMILES string of the molecule is CN(N=O)C(=O)NC1CCNCC1. The van der Waals surface area contributed by atoms with Gasteiger partial charge in [0.25, 0.3) is 0 Å². The number of hydrogen-bond donors (Lipinski definition) is 2. The zero-order chi connectivity index (χ0) is 9.68. The minimum atomic E-state index is -0.429. The van der Waals surface area contributed by atoms with Gasteiger partial charge in [-0.3, -0.25) is 0 Å². The molecule has 0 radical (unpaired) electrons. The Morgan fingerprint density at radius 2 is 2.15 bits per heavy atom. The predicted octanol–water partition coefficient (Wildman–Crippen LogP) is 0.0612. The lowest BCUT2D eigenvalue weighted by molar-refractivity contribution is 0.202. The summed E-state index contributed by atoms with van der Waals surface area (Å²) in [6.45, 7) is 1.81. The highest BCUT2D eigenvalue weighted by molar-refractivity contribution is 5.73. The molecular weight excluding hydrogens is 172 g/mol. The predicted molar refractivity (Wildman–Crippen MR) is 48.0 cm³/mol. The Kier molecular flexibility index (Phi) is 3.63. The summed E-state index contributed by atoms with van der Waals surface area (Å²) in [6, 6.07) is -0.264. The Balaban J connectivity index is 2.29. The van der Waals surface area contributed by atoms with Crippen LogP contribution in [0.3, 0.4) is 0 Å². The van der Waals surface area contributed by atoms with E-state index in [1.165, 1.54) is 7.05 Å². The Morgan fingerprint density at radius 1 is 1.54 bits per heavy atom. The fourth-order valence-corrected chi connectivity index (χ4v) is 1.27. The summed E-state index contributed by atoms with van der Waals surface area (Å²) in [5.74, 6) is 0. The van der Waals surface area contributed by atoms with Crippen molar-refractivity contribution in [3.8, 4) is 0 Å². The maximum absolute atomic E-state index is 11.1. The fraction of sp³-hybridized carbons (Fsp3) is 0.857. The van der Waals surface area contributed by atoms with Crippen molar-refractivity contribution < 1.29 is 4.79 Å². The van der Waals surface area contributed by atoms with Crippen LogP contribution in [0.1, 0.15) is 12.8 Å². The lowest BCUT2D eigenvalue weighted by Crippen LogP contribution is -2.45. The van der Waals surface area contributed by atoms with Gasteiger partial charge in [-0.2, -0.15) is 5.01 Å². The molecule has 0 bridgehead atoms. The van der Waals surface area contributed by atoms with Crippen molar-refractivity contribution in [3.63, 3.8) is 0 Å². The topological polar surface area (TPSA) is 73.8 Å². The zero-order valence-corrected chi connectivity index (χ0v) is 7.62. The Hall–Kier alpha value is -1.17. The average molecular weight is 186 g/mol. The molecule has 0 aromatic carbocycles. The molecule has 0 saturated carbocycles. The minimum absolute atomic E-state index is 0.165. The van der Waals surface area contributed by atoms with Crippen LogP contribution < -0.4 is 10.6 Å². The number of nitroso groups, excluding NO2 is 1. The van der Waals surface area contributed by atoms with E-state index in [2.05, 4.69) is 15.9 Å². The number of urea groups is 1. The second-order valence-electron chi connectivity index (χ2n) is 3.08. The first-order chi connectivity index (χ1) is 6.24. The molecule has 13 heavy (non-hydrogen) atoms. The second-order valence-corrected chi connectivity index (χ2v) is 3.08. The van der Waals surface area contributed by atoms with Crippen LogP contribution in [0.4, 0.5) is 4.79 Å². The number of carbonyl (C=O) groups is 1. The van der Waals surface area contributed by atoms with Crippen LogP contribution >= 0.6 is 0 Å². The van der Waals surface area contributed by atoms with Crippen molar-refractivity contribution in [2.24, 2.45) is 5.29 Å². The average Bonchev–Trinajstić information content (AvgIpc) is 2.18. The summed E-state index contributed by atoms with van der Waals surface area (Å²) >= 11 is 0. The summed E-state index contributed by atoms with van der Waals surface area (Å²) < 4.78 is 0. The summed E-state index contributed by atoms with van der Waals surface area (Å²) in [7, 11) is 1.34. The largest absolute Gasteiger partial charge is 0.340 e. The van der Waals surface area contributed by atoms with Crippen molar-refractivity contribution in [2.75, 3.05) is 20.1 Å². The van der Waals surface area contributed by atoms with Gasteiger partial charge in [0.15, 0.2) is 0 Å². The van der Waals surface area contributed by atoms with Crippen molar-refractivity contribution in [2.45, 2.75) is 18.9 Å². The first kappa shape index (κ1) is 9.91. The van der Waals surface area contributed by atoms with E-state index in [1.807, 2.05) is 0 Å². The maximum Gasteiger partial charge on any atom is 0.340 e. The van der Waals surface area contributed by atoms with Crippen molar-refractivity contribution >= 4 is 6.03 Å². The van der Waals surface area contributed by atoms with E-state index in [0.29, 0.717) is 0 Å². The van der Waals surface area contributed by atoms with Gasteiger partial charge in [-0.25, -0.2) is 4.79 Å². The molecule has 1 fully saturated rings. The molecule has 1 aliphatic heterocycles. The summed E-state index contributed by atoms with van der Waals surface area (Å²) in [6.07, 6.45) is 1.80. The molecule has 6 nitrogen and oxygen atoms in total. The molecule has 1 heterocycles. The van der Waals surface area contributed by atoms with Crippen molar-refractivity contribution in [1.29, 1.82) is 0 Å². The molecule has 1 aliphatic rings. The number of amides is 2. The van der Waals surface area contributed by atoms with Gasteiger partial charge in [-0.05, 0) is 25.9 Å². The monoisotopic (exact) mass is 186 g/mol. The van der Waals surface area contributed by atoms with E-state index in [4.69, 9.17) is 0 Å². The molecule has 0 aliphatic carbocycles. The van der Waals surface area contributed by atoms with Gasteiger partial charge in [0.05, 0.1) is 5.29 Å². The third kappa shape index (κ3) is 2.98. The molecule has 2 N–H and O–H groups in total. The second kappa shape index (κ2) is 4.76. The molecule has 0 spiro atoms. The van der Waals surface area contributed by atoms with Gasteiger partial charge >= 0.3 is 6.03 Å². The van der Waals surface area contributed by atoms with Crippen LogP contribution in [0.2, 0.25) is 0 Å². The molecule has 0 unspecified atom stereocenters. The molecule has 6 heteroatoms. The molecule has 0 aromatic heterocycles. The van der Waals surface area contributed by atoms with E-state index in [-0.39, 0.29) is 6.04 Å². The van der Waals surface area contributed by atoms with Gasteiger partial charge in [0.2, 0.25) is 0 Å². The molecule has 0 aromatic rings. The van der Waals surface area contributed by atoms with Gasteiger partial charge in [0.1, 0.15) is 0 Å². The van der Waals surface area contributed by atoms with Crippen molar-refractivity contribution in [1.82, 2.24) is 15.6 Å². The van der Waals surface area contributed by atoms with E-state index < -0.39 is 6.03 Å². The Bertz CT molecular complexity index is 191. The quantitative estimate of drug-likeness (QED) is 0.473. The highest BCUT2D eigenvalue weighted by Gasteiger charge is 2.17. The van der Waals surface area contributed by atoms with E-state index in [1.54, 1.807) is 0 Å². The summed E-state index contributed by atoms with van der Waals surface area (Å²) in [4.78, 5) is 21.1. The van der Waals surface area contributed by atoms with Crippen LogP contribution in [0.25, 0.3) is 0 Å². The lowest BCUT2D eigenvalue weighted by Gasteiger charge is -2.24. The third-order valence-corrected chi connectivity index (χ3v) is 2.08. The number of nitrogens with zero attached hydrogens (tertiary/aromatic N) is 2. The summed E-state index contributed by atoms with van der Waals surface area (Å²) in [5, 5.41) is 9.18. The van der Waals surface area contributed by atoms with E-state index in [9.17, 15) is 9.70 Å². The first-order valence-corrected chi connectivity index (χ1v) is 4.32. The maximum atomic E-state index is 11.1. The molecule has 2 amide bonds. The highest BCUT2D eigenvalue weighted by atomic mass is 16.3. The summed E-state index contributed by atoms with van der Waals surface area (Å²) in [5.41, 5.74) is 0. The van der Waals surface area contributed by atoms with Gasteiger partial charge in [-0.1, -0.05) is 0 Å². The van der Waals surface area contributed by atoms with Gasteiger partial charge in [-0.15, -0.1) is 4.91 Å². The normalized spacial score (nSPS) is 17.9. The molecule has 1 saturated heterocycles. The number of carbonyl (C=O) groups excluding carboxylic acids is 1. The molecular formula is C7H14N4O2. The van der Waals surface area contributed by atoms with Gasteiger partial charge in [0, 0.05) is 13.1 Å². The number of rotatable bonds is 2. The number of nitrogens with one attached hydrogen (secondary N) is 2. The van der Waals surface area contributed by atoms with E-state index >= 15 is 0 Å². The molecule has 1 rings (SSSR count). The van der Waals surface area contributed by atoms with Crippen LogP contribution in [0.5, 0.6) is 0 Å². The Labute approximate surface area is 76.6 Å². The van der Waals surface area contributed by atoms with E-state index in [0.717, 1.165) is 30.9 Å². The van der Waals surface area contributed by atoms with Crippen LogP contribution in [-0.2, 0) is 0 Å². The Morgan fingerprint density at radius 3 is 2.69 bits per heavy atom.